The Morgan fingerprint density at radius 3 is 2.50 bits per heavy atom. The second-order valence-electron chi connectivity index (χ2n) is 4.45. The molecule has 4 N–H and O–H groups in total. The lowest BCUT2D eigenvalue weighted by molar-refractivity contribution is 0.0580. The van der Waals surface area contributed by atoms with E-state index in [1.54, 1.807) is 45.0 Å². The standard InChI is InChI=1S/C11H17N3O2/c1-11(2,3)16-10(15)14(13)9-6-4-5-8(12)7-9/h4-7H,12-13H2,1-3H3. The number of rotatable bonds is 1. The number of nitrogens with zero attached hydrogens (tertiary/aromatic N) is 1. The highest BCUT2D eigenvalue weighted by Gasteiger charge is 2.21. The van der Waals surface area contributed by atoms with Gasteiger partial charge in [-0.05, 0) is 39.0 Å². The summed E-state index contributed by atoms with van der Waals surface area (Å²) in [7, 11) is 0. The molecule has 16 heavy (non-hydrogen) atoms. The first-order valence-electron chi connectivity index (χ1n) is 4.93. The van der Waals surface area contributed by atoms with E-state index in [0.29, 0.717) is 11.4 Å². The summed E-state index contributed by atoms with van der Waals surface area (Å²) >= 11 is 0. The fourth-order valence-corrected chi connectivity index (χ4v) is 1.09. The monoisotopic (exact) mass is 223 g/mol. The van der Waals surface area contributed by atoms with Crippen molar-refractivity contribution < 1.29 is 9.53 Å². The predicted molar refractivity (Wildman–Crippen MR) is 63.8 cm³/mol. The average molecular weight is 223 g/mol. The van der Waals surface area contributed by atoms with Gasteiger partial charge in [0.1, 0.15) is 5.60 Å². The van der Waals surface area contributed by atoms with Crippen LogP contribution in [0.15, 0.2) is 24.3 Å². The van der Waals surface area contributed by atoms with Crippen LogP contribution in [-0.2, 0) is 4.74 Å². The van der Waals surface area contributed by atoms with Crippen LogP contribution in [0.25, 0.3) is 0 Å². The Hall–Kier alpha value is -1.75. The molecule has 0 radical (unpaired) electrons. The molecule has 0 bridgehead atoms. The van der Waals surface area contributed by atoms with Gasteiger partial charge in [0, 0.05) is 5.69 Å². The molecule has 0 heterocycles. The van der Waals surface area contributed by atoms with E-state index in [4.69, 9.17) is 16.3 Å². The molecule has 88 valence electrons. The van der Waals surface area contributed by atoms with Crippen LogP contribution in [0.5, 0.6) is 0 Å². The first-order chi connectivity index (χ1) is 7.29. The number of nitrogen functional groups attached to an aromatic ring is 1. The fourth-order valence-electron chi connectivity index (χ4n) is 1.09. The van der Waals surface area contributed by atoms with Crippen molar-refractivity contribution in [3.8, 4) is 0 Å². The normalized spacial score (nSPS) is 11.0. The Bertz CT molecular complexity index is 385. The summed E-state index contributed by atoms with van der Waals surface area (Å²) in [5.74, 6) is 5.62. The quantitative estimate of drug-likeness (QED) is 0.329. The number of carbonyl (C=O) groups is 1. The first kappa shape index (κ1) is 12.3. The van der Waals surface area contributed by atoms with Crippen LogP contribution < -0.4 is 16.6 Å². The van der Waals surface area contributed by atoms with Gasteiger partial charge in [-0.2, -0.15) is 0 Å². The van der Waals surface area contributed by atoms with E-state index in [-0.39, 0.29) is 0 Å². The molecule has 5 heteroatoms. The minimum Gasteiger partial charge on any atom is -0.442 e. The maximum atomic E-state index is 11.6. The third-order valence-electron chi connectivity index (χ3n) is 1.74. The van der Waals surface area contributed by atoms with Crippen molar-refractivity contribution in [2.75, 3.05) is 10.7 Å². The Kier molecular flexibility index (Phi) is 3.39. The van der Waals surface area contributed by atoms with Crippen LogP contribution in [-0.4, -0.2) is 11.7 Å². The lowest BCUT2D eigenvalue weighted by atomic mass is 10.2. The Labute approximate surface area is 94.9 Å². The number of amides is 1. The zero-order valence-electron chi connectivity index (χ0n) is 9.73. The summed E-state index contributed by atoms with van der Waals surface area (Å²) < 4.78 is 5.11. The molecule has 0 spiro atoms. The Morgan fingerprint density at radius 1 is 1.38 bits per heavy atom. The van der Waals surface area contributed by atoms with Crippen molar-refractivity contribution in [3.05, 3.63) is 24.3 Å². The van der Waals surface area contributed by atoms with Crippen LogP contribution in [0.3, 0.4) is 0 Å². The molecule has 1 aromatic rings. The summed E-state index contributed by atoms with van der Waals surface area (Å²) in [5.41, 5.74) is 6.05. The largest absolute Gasteiger partial charge is 0.442 e. The van der Waals surface area contributed by atoms with Crippen LogP contribution in [0.1, 0.15) is 20.8 Å². The van der Waals surface area contributed by atoms with Crippen molar-refractivity contribution in [2.24, 2.45) is 5.84 Å². The third kappa shape index (κ3) is 3.43. The molecule has 0 unspecified atom stereocenters. The molecule has 1 aromatic carbocycles. The number of nitrogens with two attached hydrogens (primary N) is 2. The van der Waals surface area contributed by atoms with E-state index >= 15 is 0 Å². The van der Waals surface area contributed by atoms with Crippen molar-refractivity contribution in [1.29, 1.82) is 0 Å². The zero-order valence-corrected chi connectivity index (χ0v) is 9.73. The van der Waals surface area contributed by atoms with Gasteiger partial charge in [-0.25, -0.2) is 15.6 Å². The van der Waals surface area contributed by atoms with Crippen LogP contribution in [0.2, 0.25) is 0 Å². The lowest BCUT2D eigenvalue weighted by Gasteiger charge is -2.24. The maximum absolute atomic E-state index is 11.6. The number of hydrogen-bond acceptors (Lipinski definition) is 4. The number of hydrazine groups is 1. The molecule has 0 atom stereocenters. The molecule has 0 aromatic heterocycles. The van der Waals surface area contributed by atoms with E-state index in [1.807, 2.05) is 0 Å². The molecule has 0 saturated carbocycles. The van der Waals surface area contributed by atoms with E-state index in [2.05, 4.69) is 0 Å². The summed E-state index contributed by atoms with van der Waals surface area (Å²) in [4.78, 5) is 11.6. The highest BCUT2D eigenvalue weighted by atomic mass is 16.6. The Balaban J connectivity index is 2.78. The third-order valence-corrected chi connectivity index (χ3v) is 1.74. The van der Waals surface area contributed by atoms with Gasteiger partial charge in [0.2, 0.25) is 0 Å². The van der Waals surface area contributed by atoms with Gasteiger partial charge in [-0.15, -0.1) is 0 Å². The molecule has 5 nitrogen and oxygen atoms in total. The second kappa shape index (κ2) is 4.40. The summed E-state index contributed by atoms with van der Waals surface area (Å²) in [5, 5.41) is 0.932. The molecular formula is C11H17N3O2. The molecule has 0 aliphatic heterocycles. The minimum atomic E-state index is -0.613. The van der Waals surface area contributed by atoms with E-state index in [0.717, 1.165) is 5.01 Å². The smallest absolute Gasteiger partial charge is 0.429 e. The fraction of sp³-hybridized carbons (Fsp3) is 0.364. The summed E-state index contributed by atoms with van der Waals surface area (Å²) in [6.45, 7) is 5.33. The average Bonchev–Trinajstić information content (AvgIpc) is 2.14. The van der Waals surface area contributed by atoms with Crippen molar-refractivity contribution >= 4 is 17.5 Å². The molecule has 0 aliphatic rings. The number of benzene rings is 1. The Morgan fingerprint density at radius 2 is 2.00 bits per heavy atom. The van der Waals surface area contributed by atoms with Gasteiger partial charge in [0.25, 0.3) is 0 Å². The van der Waals surface area contributed by atoms with E-state index in [9.17, 15) is 4.79 Å². The second-order valence-corrected chi connectivity index (χ2v) is 4.45. The minimum absolute atomic E-state index is 0.495. The van der Waals surface area contributed by atoms with Gasteiger partial charge in [0.15, 0.2) is 0 Å². The highest BCUT2D eigenvalue weighted by molar-refractivity contribution is 5.87. The number of hydrogen-bond donors (Lipinski definition) is 2. The number of anilines is 2. The molecule has 0 fully saturated rings. The summed E-state index contributed by atoms with van der Waals surface area (Å²) in [6.07, 6.45) is -0.613. The molecular weight excluding hydrogens is 206 g/mol. The van der Waals surface area contributed by atoms with Crippen LogP contribution in [0.4, 0.5) is 16.2 Å². The van der Waals surface area contributed by atoms with Gasteiger partial charge >= 0.3 is 6.09 Å². The van der Waals surface area contributed by atoms with E-state index in [1.165, 1.54) is 0 Å². The van der Waals surface area contributed by atoms with Crippen LogP contribution in [0, 0.1) is 0 Å². The van der Waals surface area contributed by atoms with Gasteiger partial charge in [-0.1, -0.05) is 6.07 Å². The van der Waals surface area contributed by atoms with Gasteiger partial charge in [-0.3, -0.25) is 0 Å². The molecule has 0 saturated heterocycles. The number of carbonyl (C=O) groups excluding carboxylic acids is 1. The maximum Gasteiger partial charge on any atom is 0.429 e. The lowest BCUT2D eigenvalue weighted by Crippen LogP contribution is -2.41. The van der Waals surface area contributed by atoms with Gasteiger partial charge < -0.3 is 10.5 Å². The number of ether oxygens (including phenoxy) is 1. The van der Waals surface area contributed by atoms with Crippen molar-refractivity contribution in [3.63, 3.8) is 0 Å². The van der Waals surface area contributed by atoms with Crippen molar-refractivity contribution in [1.82, 2.24) is 0 Å². The first-order valence-corrected chi connectivity index (χ1v) is 4.93. The highest BCUT2D eigenvalue weighted by Crippen LogP contribution is 2.17. The molecule has 1 amide bonds. The van der Waals surface area contributed by atoms with Crippen LogP contribution >= 0.6 is 0 Å². The van der Waals surface area contributed by atoms with E-state index < -0.39 is 11.7 Å². The SMILES string of the molecule is CC(C)(C)OC(=O)N(N)c1cccc(N)c1. The topological polar surface area (TPSA) is 81.6 Å². The van der Waals surface area contributed by atoms with Crippen molar-refractivity contribution in [2.45, 2.75) is 26.4 Å². The zero-order chi connectivity index (χ0) is 12.3. The van der Waals surface area contributed by atoms with Gasteiger partial charge in [0.05, 0.1) is 5.69 Å². The molecule has 0 aliphatic carbocycles. The summed E-state index contributed by atoms with van der Waals surface area (Å²) in [6, 6.07) is 6.71. The predicted octanol–water partition coefficient (Wildman–Crippen LogP) is 1.88. The molecule has 1 rings (SSSR count).